The molecule has 0 atom stereocenters. The molecule has 0 unspecified atom stereocenters. The molecule has 1 aliphatic heterocycles. The second-order valence-electron chi connectivity index (χ2n) is 5.05. The van der Waals surface area contributed by atoms with Crippen molar-refractivity contribution in [3.05, 3.63) is 0 Å². The van der Waals surface area contributed by atoms with Gasteiger partial charge < -0.3 is 10.6 Å². The van der Waals surface area contributed by atoms with Gasteiger partial charge in [0.15, 0.2) is 0 Å². The highest BCUT2D eigenvalue weighted by Gasteiger charge is 2.26. The van der Waals surface area contributed by atoms with E-state index in [1.54, 1.807) is 0 Å². The molecule has 3 heteroatoms. The molecule has 0 spiro atoms. The highest BCUT2D eigenvalue weighted by atomic mass is 15.2. The zero-order valence-corrected chi connectivity index (χ0v) is 10.6. The normalized spacial score (nSPS) is 19.4. The van der Waals surface area contributed by atoms with Gasteiger partial charge in [-0.15, -0.1) is 0 Å². The molecular formula is C12H27N3. The quantitative estimate of drug-likeness (QED) is 0.646. The number of hydrogen-bond donors (Lipinski definition) is 2. The van der Waals surface area contributed by atoms with Crippen molar-refractivity contribution in [3.63, 3.8) is 0 Å². The Kier molecular flexibility index (Phi) is 5.58. The van der Waals surface area contributed by atoms with E-state index in [4.69, 9.17) is 0 Å². The van der Waals surface area contributed by atoms with Crippen LogP contribution in [-0.2, 0) is 0 Å². The predicted molar refractivity (Wildman–Crippen MR) is 66.3 cm³/mol. The Morgan fingerprint density at radius 1 is 1.20 bits per heavy atom. The van der Waals surface area contributed by atoms with E-state index in [-0.39, 0.29) is 0 Å². The van der Waals surface area contributed by atoms with E-state index in [1.165, 1.54) is 25.9 Å². The van der Waals surface area contributed by atoms with Crippen LogP contribution < -0.4 is 10.6 Å². The Bertz CT molecular complexity index is 162. The average molecular weight is 213 g/mol. The third-order valence-electron chi connectivity index (χ3n) is 3.31. The maximum Gasteiger partial charge on any atom is 0.0166 e. The van der Waals surface area contributed by atoms with Crippen LogP contribution in [0, 0.1) is 0 Å². The molecular weight excluding hydrogens is 186 g/mol. The van der Waals surface area contributed by atoms with Gasteiger partial charge >= 0.3 is 0 Å². The van der Waals surface area contributed by atoms with Crippen LogP contribution in [0.5, 0.6) is 0 Å². The minimum Gasteiger partial charge on any atom is -0.317 e. The Labute approximate surface area is 94.6 Å². The van der Waals surface area contributed by atoms with Gasteiger partial charge in [-0.2, -0.15) is 0 Å². The van der Waals surface area contributed by atoms with Crippen LogP contribution in [0.2, 0.25) is 0 Å². The molecule has 0 aromatic carbocycles. The van der Waals surface area contributed by atoms with E-state index < -0.39 is 0 Å². The molecule has 90 valence electrons. The van der Waals surface area contributed by atoms with E-state index in [0.29, 0.717) is 5.54 Å². The summed E-state index contributed by atoms with van der Waals surface area (Å²) in [6, 6.07) is 0. The number of nitrogens with zero attached hydrogens (tertiary/aromatic N) is 1. The fourth-order valence-electron chi connectivity index (χ4n) is 2.12. The second-order valence-corrected chi connectivity index (χ2v) is 5.05. The van der Waals surface area contributed by atoms with Crippen LogP contribution in [-0.4, -0.2) is 49.7 Å². The topological polar surface area (TPSA) is 27.3 Å². The highest BCUT2D eigenvalue weighted by Crippen LogP contribution is 2.18. The maximum absolute atomic E-state index is 3.49. The molecule has 1 aliphatic rings. The van der Waals surface area contributed by atoms with Gasteiger partial charge in [0, 0.05) is 31.7 Å². The SMILES string of the molecule is CCCNCCC(C)(C)N1CCNCC1. The van der Waals surface area contributed by atoms with Crippen LogP contribution in [0.15, 0.2) is 0 Å². The zero-order chi connectivity index (χ0) is 11.1. The molecule has 15 heavy (non-hydrogen) atoms. The summed E-state index contributed by atoms with van der Waals surface area (Å²) in [6.07, 6.45) is 2.47. The predicted octanol–water partition coefficient (Wildman–Crippen LogP) is 1.06. The fourth-order valence-corrected chi connectivity index (χ4v) is 2.12. The molecule has 0 radical (unpaired) electrons. The van der Waals surface area contributed by atoms with E-state index in [1.807, 2.05) is 0 Å². The smallest absolute Gasteiger partial charge is 0.0166 e. The van der Waals surface area contributed by atoms with Gasteiger partial charge in [0.1, 0.15) is 0 Å². The maximum atomic E-state index is 3.49. The number of hydrogen-bond acceptors (Lipinski definition) is 3. The lowest BCUT2D eigenvalue weighted by atomic mass is 9.97. The molecule has 0 saturated carbocycles. The van der Waals surface area contributed by atoms with E-state index in [0.717, 1.165) is 26.2 Å². The van der Waals surface area contributed by atoms with Crippen molar-refractivity contribution in [1.82, 2.24) is 15.5 Å². The van der Waals surface area contributed by atoms with Crippen LogP contribution in [0.4, 0.5) is 0 Å². The lowest BCUT2D eigenvalue weighted by Gasteiger charge is -2.41. The van der Waals surface area contributed by atoms with Crippen molar-refractivity contribution < 1.29 is 0 Å². The van der Waals surface area contributed by atoms with Crippen molar-refractivity contribution in [2.75, 3.05) is 39.3 Å². The van der Waals surface area contributed by atoms with Gasteiger partial charge in [-0.1, -0.05) is 6.92 Å². The zero-order valence-electron chi connectivity index (χ0n) is 10.6. The number of piperazine rings is 1. The first-order valence-corrected chi connectivity index (χ1v) is 6.33. The van der Waals surface area contributed by atoms with Gasteiger partial charge in [0.2, 0.25) is 0 Å². The van der Waals surface area contributed by atoms with Crippen LogP contribution in [0.3, 0.4) is 0 Å². The summed E-state index contributed by atoms with van der Waals surface area (Å²) in [7, 11) is 0. The van der Waals surface area contributed by atoms with Crippen LogP contribution >= 0.6 is 0 Å². The lowest BCUT2D eigenvalue weighted by molar-refractivity contribution is 0.0957. The lowest BCUT2D eigenvalue weighted by Crippen LogP contribution is -2.54. The molecule has 0 aromatic heterocycles. The van der Waals surface area contributed by atoms with Crippen LogP contribution in [0.25, 0.3) is 0 Å². The van der Waals surface area contributed by atoms with E-state index >= 15 is 0 Å². The van der Waals surface area contributed by atoms with E-state index in [9.17, 15) is 0 Å². The third-order valence-corrected chi connectivity index (χ3v) is 3.31. The van der Waals surface area contributed by atoms with Gasteiger partial charge in [0.05, 0.1) is 0 Å². The Morgan fingerprint density at radius 3 is 2.47 bits per heavy atom. The number of rotatable bonds is 6. The highest BCUT2D eigenvalue weighted by molar-refractivity contribution is 4.85. The molecule has 1 fully saturated rings. The summed E-state index contributed by atoms with van der Waals surface area (Å²) in [4.78, 5) is 2.61. The molecule has 2 N–H and O–H groups in total. The molecule has 0 amide bonds. The third kappa shape index (κ3) is 4.49. The molecule has 3 nitrogen and oxygen atoms in total. The number of nitrogens with one attached hydrogen (secondary N) is 2. The first-order valence-electron chi connectivity index (χ1n) is 6.33. The summed E-state index contributed by atoms with van der Waals surface area (Å²) in [5, 5.41) is 6.89. The van der Waals surface area contributed by atoms with Crippen molar-refractivity contribution in [2.45, 2.75) is 39.2 Å². The first kappa shape index (κ1) is 12.9. The standard InChI is InChI=1S/C12H27N3/c1-4-6-13-7-5-12(2,3)15-10-8-14-9-11-15/h13-14H,4-11H2,1-3H3. The molecule has 0 aromatic rings. The Hall–Kier alpha value is -0.120. The van der Waals surface area contributed by atoms with Crippen molar-refractivity contribution >= 4 is 0 Å². The van der Waals surface area contributed by atoms with E-state index in [2.05, 4.69) is 36.3 Å². The molecule has 1 rings (SSSR count). The fraction of sp³-hybridized carbons (Fsp3) is 1.00. The molecule has 0 aliphatic carbocycles. The summed E-state index contributed by atoms with van der Waals surface area (Å²) < 4.78 is 0. The van der Waals surface area contributed by atoms with Gasteiger partial charge in [0.25, 0.3) is 0 Å². The van der Waals surface area contributed by atoms with Crippen molar-refractivity contribution in [2.24, 2.45) is 0 Å². The average Bonchev–Trinajstić information content (AvgIpc) is 2.26. The minimum absolute atomic E-state index is 0.350. The van der Waals surface area contributed by atoms with Gasteiger partial charge in [-0.05, 0) is 39.8 Å². The van der Waals surface area contributed by atoms with Crippen molar-refractivity contribution in [1.29, 1.82) is 0 Å². The largest absolute Gasteiger partial charge is 0.317 e. The summed E-state index contributed by atoms with van der Waals surface area (Å²) >= 11 is 0. The molecule has 0 bridgehead atoms. The minimum atomic E-state index is 0.350. The molecule has 1 heterocycles. The van der Waals surface area contributed by atoms with Gasteiger partial charge in [-0.25, -0.2) is 0 Å². The first-order chi connectivity index (χ1) is 7.17. The monoisotopic (exact) mass is 213 g/mol. The Morgan fingerprint density at radius 2 is 1.87 bits per heavy atom. The van der Waals surface area contributed by atoms with Crippen LogP contribution in [0.1, 0.15) is 33.6 Å². The summed E-state index contributed by atoms with van der Waals surface area (Å²) in [5.74, 6) is 0. The Balaban J connectivity index is 2.23. The second kappa shape index (κ2) is 6.46. The summed E-state index contributed by atoms with van der Waals surface area (Å²) in [6.45, 7) is 13.9. The van der Waals surface area contributed by atoms with Gasteiger partial charge in [-0.3, -0.25) is 4.90 Å². The summed E-state index contributed by atoms with van der Waals surface area (Å²) in [5.41, 5.74) is 0.350. The van der Waals surface area contributed by atoms with Crippen molar-refractivity contribution in [3.8, 4) is 0 Å². The molecule has 1 saturated heterocycles.